The zero-order chi connectivity index (χ0) is 20.8. The Kier molecular flexibility index (Phi) is 6.54. The van der Waals surface area contributed by atoms with Crippen molar-refractivity contribution in [2.24, 2.45) is 0 Å². The second-order valence-corrected chi connectivity index (χ2v) is 7.92. The molecule has 1 unspecified atom stereocenters. The molecule has 6 nitrogen and oxygen atoms in total. The van der Waals surface area contributed by atoms with E-state index in [4.69, 9.17) is 0 Å². The van der Waals surface area contributed by atoms with E-state index in [1.165, 1.54) is 5.56 Å². The molecule has 0 radical (unpaired) electrons. The summed E-state index contributed by atoms with van der Waals surface area (Å²) >= 11 is 0. The number of nitrogens with one attached hydrogen (secondary N) is 1. The third kappa shape index (κ3) is 4.94. The summed E-state index contributed by atoms with van der Waals surface area (Å²) < 4.78 is 2.17. The Balaban J connectivity index is 1.30. The summed E-state index contributed by atoms with van der Waals surface area (Å²) in [5.41, 5.74) is 2.06. The maximum absolute atomic E-state index is 12.3. The van der Waals surface area contributed by atoms with Crippen LogP contribution in [0.5, 0.6) is 0 Å². The van der Waals surface area contributed by atoms with E-state index in [9.17, 15) is 4.79 Å². The van der Waals surface area contributed by atoms with E-state index in [1.54, 1.807) is 0 Å². The highest BCUT2D eigenvalue weighted by Gasteiger charge is 2.19. The Labute approximate surface area is 177 Å². The fourth-order valence-electron chi connectivity index (χ4n) is 3.96. The number of nitrogens with zero attached hydrogens (tertiary/aromatic N) is 4. The molecule has 0 spiro atoms. The van der Waals surface area contributed by atoms with Crippen LogP contribution in [0.2, 0.25) is 0 Å². The van der Waals surface area contributed by atoms with E-state index in [0.29, 0.717) is 18.0 Å². The van der Waals surface area contributed by atoms with Crippen LogP contribution < -0.4 is 5.32 Å². The van der Waals surface area contributed by atoms with Crippen molar-refractivity contribution in [3.8, 4) is 0 Å². The van der Waals surface area contributed by atoms with Crippen molar-refractivity contribution < 1.29 is 4.79 Å². The van der Waals surface area contributed by atoms with Gasteiger partial charge in [0, 0.05) is 31.6 Å². The number of aromatic nitrogens is 3. The first-order valence-corrected chi connectivity index (χ1v) is 10.7. The Morgan fingerprint density at radius 3 is 2.50 bits per heavy atom. The highest BCUT2D eigenvalue weighted by molar-refractivity contribution is 5.93. The van der Waals surface area contributed by atoms with Gasteiger partial charge in [-0.2, -0.15) is 0 Å². The summed E-state index contributed by atoms with van der Waals surface area (Å²) in [5.74, 6) is 2.31. The van der Waals surface area contributed by atoms with Crippen LogP contribution in [0.3, 0.4) is 0 Å². The molecule has 30 heavy (non-hydrogen) atoms. The van der Waals surface area contributed by atoms with E-state index in [2.05, 4.69) is 62.2 Å². The standard InChI is InChI=1S/C24H29N5O/c1-19(20-8-4-2-5-9-20)12-14-28-15-13-22-26-27-23(29(22)17-16-28)18-25-24(30)21-10-6-3-7-11-21/h2-11,19H,12-18H2,1H3,(H,25,30). The van der Waals surface area contributed by atoms with Gasteiger partial charge in [0.2, 0.25) is 0 Å². The number of rotatable bonds is 7. The lowest BCUT2D eigenvalue weighted by molar-refractivity contribution is 0.0949. The van der Waals surface area contributed by atoms with Crippen molar-refractivity contribution in [3.05, 3.63) is 83.4 Å². The monoisotopic (exact) mass is 403 g/mol. The van der Waals surface area contributed by atoms with Crippen LogP contribution in [0.15, 0.2) is 60.7 Å². The fourth-order valence-corrected chi connectivity index (χ4v) is 3.96. The lowest BCUT2D eigenvalue weighted by Crippen LogP contribution is -2.29. The predicted molar refractivity (Wildman–Crippen MR) is 117 cm³/mol. The molecule has 0 fully saturated rings. The molecule has 0 saturated heterocycles. The highest BCUT2D eigenvalue weighted by Crippen LogP contribution is 2.19. The quantitative estimate of drug-likeness (QED) is 0.658. The Morgan fingerprint density at radius 2 is 1.73 bits per heavy atom. The van der Waals surface area contributed by atoms with Crippen LogP contribution in [-0.2, 0) is 19.5 Å². The van der Waals surface area contributed by atoms with Gasteiger partial charge in [0.1, 0.15) is 5.82 Å². The Hall–Kier alpha value is -2.99. The second-order valence-electron chi connectivity index (χ2n) is 7.92. The summed E-state index contributed by atoms with van der Waals surface area (Å²) in [4.78, 5) is 14.8. The van der Waals surface area contributed by atoms with Crippen molar-refractivity contribution in [2.75, 3.05) is 19.6 Å². The minimum atomic E-state index is -0.0851. The lowest BCUT2D eigenvalue weighted by Gasteiger charge is -2.22. The molecular formula is C24H29N5O. The van der Waals surface area contributed by atoms with Crippen LogP contribution >= 0.6 is 0 Å². The smallest absolute Gasteiger partial charge is 0.251 e. The van der Waals surface area contributed by atoms with Crippen LogP contribution in [0.25, 0.3) is 0 Å². The molecule has 6 heteroatoms. The molecule has 0 aliphatic carbocycles. The van der Waals surface area contributed by atoms with E-state index >= 15 is 0 Å². The number of carbonyl (C=O) groups excluding carboxylic acids is 1. The first-order valence-electron chi connectivity index (χ1n) is 10.7. The predicted octanol–water partition coefficient (Wildman–Crippen LogP) is 3.26. The molecule has 0 bridgehead atoms. The third-order valence-corrected chi connectivity index (χ3v) is 5.89. The molecule has 0 saturated carbocycles. The molecule has 3 aromatic rings. The van der Waals surface area contributed by atoms with Crippen molar-refractivity contribution in [3.63, 3.8) is 0 Å². The number of amides is 1. The summed E-state index contributed by atoms with van der Waals surface area (Å²) in [7, 11) is 0. The zero-order valence-corrected chi connectivity index (χ0v) is 17.5. The van der Waals surface area contributed by atoms with Crippen molar-refractivity contribution in [2.45, 2.75) is 38.8 Å². The van der Waals surface area contributed by atoms with Gasteiger partial charge in [-0.25, -0.2) is 0 Å². The number of carbonyl (C=O) groups is 1. The average Bonchev–Trinajstić information content (AvgIpc) is 3.07. The molecule has 1 aromatic heterocycles. The van der Waals surface area contributed by atoms with Crippen molar-refractivity contribution >= 4 is 5.91 Å². The SMILES string of the molecule is CC(CCN1CCc2nnc(CNC(=O)c3ccccc3)n2CC1)c1ccccc1. The highest BCUT2D eigenvalue weighted by atomic mass is 16.1. The molecule has 2 aromatic carbocycles. The van der Waals surface area contributed by atoms with Gasteiger partial charge in [0.25, 0.3) is 5.91 Å². The van der Waals surface area contributed by atoms with E-state index < -0.39 is 0 Å². The number of hydrogen-bond acceptors (Lipinski definition) is 4. The van der Waals surface area contributed by atoms with Crippen molar-refractivity contribution in [1.82, 2.24) is 25.0 Å². The van der Waals surface area contributed by atoms with Crippen molar-refractivity contribution in [1.29, 1.82) is 0 Å². The van der Waals surface area contributed by atoms with E-state index in [-0.39, 0.29) is 5.91 Å². The normalized spacial score (nSPS) is 15.2. The van der Waals surface area contributed by atoms with Crippen LogP contribution in [0.4, 0.5) is 0 Å². The van der Waals surface area contributed by atoms with Crippen LogP contribution in [0.1, 0.15) is 46.8 Å². The van der Waals surface area contributed by atoms with Crippen LogP contribution in [-0.4, -0.2) is 45.2 Å². The number of benzene rings is 2. The fraction of sp³-hybridized carbons (Fsp3) is 0.375. The van der Waals surface area contributed by atoms with Gasteiger partial charge in [0.15, 0.2) is 5.82 Å². The van der Waals surface area contributed by atoms with Gasteiger partial charge in [-0.3, -0.25) is 4.79 Å². The third-order valence-electron chi connectivity index (χ3n) is 5.89. The van der Waals surface area contributed by atoms with Gasteiger partial charge >= 0.3 is 0 Å². The van der Waals surface area contributed by atoms with E-state index in [1.807, 2.05) is 30.3 Å². The maximum Gasteiger partial charge on any atom is 0.251 e. The molecule has 2 heterocycles. The number of hydrogen-bond donors (Lipinski definition) is 1. The Bertz CT molecular complexity index is 954. The average molecular weight is 404 g/mol. The first kappa shape index (κ1) is 20.3. The molecule has 1 aliphatic heterocycles. The second kappa shape index (κ2) is 9.67. The molecule has 1 aliphatic rings. The van der Waals surface area contributed by atoms with Gasteiger partial charge in [-0.05, 0) is 36.6 Å². The minimum absolute atomic E-state index is 0.0851. The molecule has 156 valence electrons. The Morgan fingerprint density at radius 1 is 1.00 bits per heavy atom. The summed E-state index contributed by atoms with van der Waals surface area (Å²) in [5, 5.41) is 11.7. The first-order chi connectivity index (χ1) is 14.7. The van der Waals surface area contributed by atoms with Gasteiger partial charge < -0.3 is 14.8 Å². The summed E-state index contributed by atoms with van der Waals surface area (Å²) in [6.07, 6.45) is 2.03. The zero-order valence-electron chi connectivity index (χ0n) is 17.5. The van der Waals surface area contributed by atoms with E-state index in [0.717, 1.165) is 50.7 Å². The molecule has 4 rings (SSSR count). The largest absolute Gasteiger partial charge is 0.345 e. The lowest BCUT2D eigenvalue weighted by atomic mass is 9.98. The van der Waals surface area contributed by atoms with Crippen LogP contribution in [0, 0.1) is 0 Å². The molecule has 1 atom stereocenters. The topological polar surface area (TPSA) is 63.1 Å². The summed E-state index contributed by atoms with van der Waals surface area (Å²) in [6.45, 7) is 6.61. The summed E-state index contributed by atoms with van der Waals surface area (Å²) in [6, 6.07) is 20.0. The van der Waals surface area contributed by atoms with Gasteiger partial charge in [0.05, 0.1) is 6.54 Å². The molecular weight excluding hydrogens is 374 g/mol. The molecule has 1 amide bonds. The van der Waals surface area contributed by atoms with Gasteiger partial charge in [-0.15, -0.1) is 10.2 Å². The maximum atomic E-state index is 12.3. The number of fused-ring (bicyclic) bond motifs is 1. The molecule has 1 N–H and O–H groups in total. The van der Waals surface area contributed by atoms with Gasteiger partial charge in [-0.1, -0.05) is 55.5 Å². The minimum Gasteiger partial charge on any atom is -0.345 e.